The van der Waals surface area contributed by atoms with Gasteiger partial charge in [-0.25, -0.2) is 4.98 Å². The van der Waals surface area contributed by atoms with Gasteiger partial charge in [-0.3, -0.25) is 10.1 Å². The summed E-state index contributed by atoms with van der Waals surface area (Å²) in [7, 11) is 3.37. The summed E-state index contributed by atoms with van der Waals surface area (Å²) in [4.78, 5) is 16.3. The van der Waals surface area contributed by atoms with E-state index in [9.17, 15) is 4.79 Å². The number of carbonyl (C=O) groups excluding carboxylic acids is 1. The van der Waals surface area contributed by atoms with Gasteiger partial charge in [-0.05, 0) is 17.7 Å². The molecule has 2 aromatic carbocycles. The number of aryl methyl sites for hydroxylation is 1. The van der Waals surface area contributed by atoms with Gasteiger partial charge in [0.2, 0.25) is 0 Å². The molecular formula is C18H19N3O2. The summed E-state index contributed by atoms with van der Waals surface area (Å²) in [5.41, 5.74) is 3.05. The molecule has 5 heteroatoms. The number of ether oxygens (including phenoxy) is 1. The molecule has 0 fully saturated rings. The summed E-state index contributed by atoms with van der Waals surface area (Å²) in [6.45, 7) is 0.124. The van der Waals surface area contributed by atoms with E-state index in [0.717, 1.165) is 22.4 Å². The number of nitrogens with zero attached hydrogens (tertiary/aromatic N) is 2. The van der Waals surface area contributed by atoms with E-state index in [1.165, 1.54) is 7.11 Å². The van der Waals surface area contributed by atoms with E-state index in [4.69, 9.17) is 9.72 Å². The van der Waals surface area contributed by atoms with Crippen molar-refractivity contribution in [3.63, 3.8) is 0 Å². The molecule has 1 N–H and O–H groups in total. The number of para-hydroxylation sites is 2. The smallest absolute Gasteiger partial charge is 0.319 e. The number of hydrogen-bond donors (Lipinski definition) is 1. The number of rotatable bonds is 5. The second-order valence-corrected chi connectivity index (χ2v) is 5.32. The van der Waals surface area contributed by atoms with Gasteiger partial charge in [0, 0.05) is 7.05 Å². The largest absolute Gasteiger partial charge is 0.468 e. The number of carbonyl (C=O) groups is 1. The van der Waals surface area contributed by atoms with Gasteiger partial charge in [-0.1, -0.05) is 42.5 Å². The van der Waals surface area contributed by atoms with Gasteiger partial charge in [0.1, 0.15) is 5.82 Å². The maximum absolute atomic E-state index is 11.5. The minimum absolute atomic E-state index is 0.124. The zero-order chi connectivity index (χ0) is 16.2. The summed E-state index contributed by atoms with van der Waals surface area (Å²) >= 11 is 0. The van der Waals surface area contributed by atoms with Crippen LogP contribution in [0.4, 0.5) is 0 Å². The minimum atomic E-state index is -0.301. The molecule has 1 atom stereocenters. The van der Waals surface area contributed by atoms with Crippen molar-refractivity contribution in [3.8, 4) is 0 Å². The maximum Gasteiger partial charge on any atom is 0.319 e. The SMILES string of the molecule is COC(=O)CNC(c1ccccc1)c1nc2ccccc2n1C. The molecular weight excluding hydrogens is 290 g/mol. The van der Waals surface area contributed by atoms with Gasteiger partial charge in [0.05, 0.1) is 30.7 Å². The molecule has 23 heavy (non-hydrogen) atoms. The van der Waals surface area contributed by atoms with Crippen molar-refractivity contribution >= 4 is 17.0 Å². The zero-order valence-electron chi connectivity index (χ0n) is 13.2. The first kappa shape index (κ1) is 15.2. The van der Waals surface area contributed by atoms with Crippen LogP contribution in [0.3, 0.4) is 0 Å². The first-order valence-electron chi connectivity index (χ1n) is 7.47. The Balaban J connectivity index is 2.02. The van der Waals surface area contributed by atoms with Crippen molar-refractivity contribution in [3.05, 3.63) is 66.0 Å². The molecule has 1 aromatic heterocycles. The van der Waals surface area contributed by atoms with Crippen molar-refractivity contribution in [2.45, 2.75) is 6.04 Å². The second kappa shape index (κ2) is 6.62. The summed E-state index contributed by atoms with van der Waals surface area (Å²) in [6.07, 6.45) is 0. The van der Waals surface area contributed by atoms with Crippen molar-refractivity contribution in [1.82, 2.24) is 14.9 Å². The Labute approximate surface area is 134 Å². The Morgan fingerprint density at radius 2 is 1.87 bits per heavy atom. The molecule has 0 saturated carbocycles. The normalized spacial score (nSPS) is 12.3. The fourth-order valence-electron chi connectivity index (χ4n) is 2.68. The maximum atomic E-state index is 11.5. The predicted octanol–water partition coefficient (Wildman–Crippen LogP) is 2.43. The summed E-state index contributed by atoms with van der Waals surface area (Å²) < 4.78 is 6.79. The van der Waals surface area contributed by atoms with Gasteiger partial charge in [0.15, 0.2) is 0 Å². The number of fused-ring (bicyclic) bond motifs is 1. The van der Waals surface area contributed by atoms with E-state index in [1.807, 2.05) is 61.6 Å². The molecule has 3 aromatic rings. The lowest BCUT2D eigenvalue weighted by atomic mass is 10.1. The van der Waals surface area contributed by atoms with Crippen LogP contribution in [0.25, 0.3) is 11.0 Å². The number of imidazole rings is 1. The van der Waals surface area contributed by atoms with E-state index < -0.39 is 0 Å². The summed E-state index contributed by atoms with van der Waals surface area (Å²) in [6, 6.07) is 17.8. The van der Waals surface area contributed by atoms with Crippen LogP contribution < -0.4 is 5.32 Å². The molecule has 118 valence electrons. The summed E-state index contributed by atoms with van der Waals surface area (Å²) in [5.74, 6) is 0.561. The van der Waals surface area contributed by atoms with Crippen LogP contribution >= 0.6 is 0 Å². The van der Waals surface area contributed by atoms with E-state index in [1.54, 1.807) is 0 Å². The van der Waals surface area contributed by atoms with E-state index in [-0.39, 0.29) is 18.6 Å². The van der Waals surface area contributed by atoms with Crippen LogP contribution in [0.2, 0.25) is 0 Å². The van der Waals surface area contributed by atoms with Gasteiger partial charge < -0.3 is 9.30 Å². The number of benzene rings is 2. The number of esters is 1. The molecule has 0 aliphatic carbocycles. The molecule has 0 bridgehead atoms. The standard InChI is InChI=1S/C18H19N3O2/c1-21-15-11-7-6-10-14(15)20-18(21)17(19-12-16(22)23-2)13-8-4-3-5-9-13/h3-11,17,19H,12H2,1-2H3. The quantitative estimate of drug-likeness (QED) is 0.736. The van der Waals surface area contributed by atoms with Crippen LogP contribution in [0.5, 0.6) is 0 Å². The highest BCUT2D eigenvalue weighted by atomic mass is 16.5. The number of hydrogen-bond acceptors (Lipinski definition) is 4. The third kappa shape index (κ3) is 3.10. The van der Waals surface area contributed by atoms with Crippen LogP contribution in [0.1, 0.15) is 17.4 Å². The lowest BCUT2D eigenvalue weighted by Gasteiger charge is -2.18. The first-order chi connectivity index (χ1) is 11.2. The number of methoxy groups -OCH3 is 1. The topological polar surface area (TPSA) is 56.1 Å². The molecule has 5 nitrogen and oxygen atoms in total. The van der Waals surface area contributed by atoms with Crippen molar-refractivity contribution < 1.29 is 9.53 Å². The molecule has 1 unspecified atom stereocenters. The highest BCUT2D eigenvalue weighted by Gasteiger charge is 2.21. The molecule has 3 rings (SSSR count). The summed E-state index contributed by atoms with van der Waals surface area (Å²) in [5, 5.41) is 3.25. The van der Waals surface area contributed by atoms with E-state index in [0.29, 0.717) is 0 Å². The molecule has 0 saturated heterocycles. The highest BCUT2D eigenvalue weighted by molar-refractivity contribution is 5.76. The predicted molar refractivity (Wildman–Crippen MR) is 89.0 cm³/mol. The second-order valence-electron chi connectivity index (χ2n) is 5.32. The van der Waals surface area contributed by atoms with Crippen LogP contribution in [0.15, 0.2) is 54.6 Å². The van der Waals surface area contributed by atoms with Gasteiger partial charge in [-0.2, -0.15) is 0 Å². The third-order valence-corrected chi connectivity index (χ3v) is 3.89. The van der Waals surface area contributed by atoms with E-state index in [2.05, 4.69) is 9.88 Å². The Kier molecular flexibility index (Phi) is 4.39. The first-order valence-corrected chi connectivity index (χ1v) is 7.47. The van der Waals surface area contributed by atoms with Crippen LogP contribution in [-0.4, -0.2) is 29.2 Å². The lowest BCUT2D eigenvalue weighted by Crippen LogP contribution is -2.30. The van der Waals surface area contributed by atoms with Gasteiger partial charge in [0.25, 0.3) is 0 Å². The van der Waals surface area contributed by atoms with Gasteiger partial charge in [-0.15, -0.1) is 0 Å². The fourth-order valence-corrected chi connectivity index (χ4v) is 2.68. The molecule has 1 heterocycles. The minimum Gasteiger partial charge on any atom is -0.468 e. The van der Waals surface area contributed by atoms with E-state index >= 15 is 0 Å². The van der Waals surface area contributed by atoms with Crippen LogP contribution in [0, 0.1) is 0 Å². The molecule has 0 aliphatic heterocycles. The molecule has 0 aliphatic rings. The fraction of sp³-hybridized carbons (Fsp3) is 0.222. The van der Waals surface area contributed by atoms with Crippen molar-refractivity contribution in [2.75, 3.05) is 13.7 Å². The Bertz CT molecular complexity index is 812. The molecule has 0 amide bonds. The Morgan fingerprint density at radius 1 is 1.17 bits per heavy atom. The average Bonchev–Trinajstić information content (AvgIpc) is 2.93. The van der Waals surface area contributed by atoms with Gasteiger partial charge >= 0.3 is 5.97 Å². The third-order valence-electron chi connectivity index (χ3n) is 3.89. The lowest BCUT2D eigenvalue weighted by molar-refractivity contribution is -0.139. The zero-order valence-corrected chi connectivity index (χ0v) is 13.2. The monoisotopic (exact) mass is 309 g/mol. The number of nitrogens with one attached hydrogen (secondary N) is 1. The van der Waals surface area contributed by atoms with Crippen molar-refractivity contribution in [1.29, 1.82) is 0 Å². The molecule has 0 radical (unpaired) electrons. The number of aromatic nitrogens is 2. The molecule has 0 spiro atoms. The Hall–Kier alpha value is -2.66. The van der Waals surface area contributed by atoms with Crippen molar-refractivity contribution in [2.24, 2.45) is 7.05 Å². The highest BCUT2D eigenvalue weighted by Crippen LogP contribution is 2.24. The van der Waals surface area contributed by atoms with Crippen LogP contribution in [-0.2, 0) is 16.6 Å². The average molecular weight is 309 g/mol. The Morgan fingerprint density at radius 3 is 2.57 bits per heavy atom.